The number of hydrogen-bond acceptors (Lipinski definition) is 4. The molecule has 0 bridgehead atoms. The molecule has 1 aliphatic rings. The molecule has 0 aromatic carbocycles. The van der Waals surface area contributed by atoms with E-state index in [0.717, 1.165) is 25.8 Å². The normalized spacial score (nSPS) is 27.9. The lowest BCUT2D eigenvalue weighted by Gasteiger charge is -2.27. The fraction of sp³-hybridized carbons (Fsp3) is 1.00. The van der Waals surface area contributed by atoms with Gasteiger partial charge in [0.2, 0.25) is 0 Å². The molecular weight excluding hydrogens is 214 g/mol. The zero-order chi connectivity index (χ0) is 11.3. The van der Waals surface area contributed by atoms with Crippen LogP contribution >= 0.6 is 0 Å². The Kier molecular flexibility index (Phi) is 5.02. The summed E-state index contributed by atoms with van der Waals surface area (Å²) in [7, 11) is -2.87. The Balaban J connectivity index is 2.14. The third kappa shape index (κ3) is 5.49. The molecule has 1 fully saturated rings. The molecule has 4 nitrogen and oxygen atoms in total. The largest absolute Gasteiger partial charge is 0.393 e. The highest BCUT2D eigenvalue weighted by Crippen LogP contribution is 2.23. The molecule has 5 heteroatoms. The topological polar surface area (TPSA) is 66.4 Å². The second kappa shape index (κ2) is 5.82. The van der Waals surface area contributed by atoms with Crippen molar-refractivity contribution in [3.63, 3.8) is 0 Å². The molecule has 1 rings (SSSR count). The number of aliphatic hydroxyl groups excluding tert-OH is 1. The lowest BCUT2D eigenvalue weighted by molar-refractivity contribution is 0.0700. The van der Waals surface area contributed by atoms with Crippen molar-refractivity contribution in [3.05, 3.63) is 0 Å². The fourth-order valence-corrected chi connectivity index (χ4v) is 2.49. The summed E-state index contributed by atoms with van der Waals surface area (Å²) in [5.41, 5.74) is 0. The van der Waals surface area contributed by atoms with Crippen LogP contribution in [-0.4, -0.2) is 44.7 Å². The molecule has 0 amide bonds. The first-order chi connectivity index (χ1) is 6.99. The van der Waals surface area contributed by atoms with Crippen LogP contribution in [0.15, 0.2) is 0 Å². The van der Waals surface area contributed by atoms with Gasteiger partial charge in [-0.25, -0.2) is 8.42 Å². The molecule has 2 unspecified atom stereocenters. The Hall–Kier alpha value is -0.130. The Morgan fingerprint density at radius 3 is 2.60 bits per heavy atom. The van der Waals surface area contributed by atoms with Crippen LogP contribution in [-0.2, 0) is 9.84 Å². The van der Waals surface area contributed by atoms with Gasteiger partial charge in [0.15, 0.2) is 0 Å². The van der Waals surface area contributed by atoms with E-state index in [0.29, 0.717) is 12.5 Å². The maximum Gasteiger partial charge on any atom is 0.148 e. The van der Waals surface area contributed by atoms with Gasteiger partial charge in [-0.1, -0.05) is 12.8 Å². The summed E-state index contributed by atoms with van der Waals surface area (Å²) in [4.78, 5) is 0. The van der Waals surface area contributed by atoms with E-state index in [1.807, 2.05) is 0 Å². The van der Waals surface area contributed by atoms with Crippen molar-refractivity contribution in [2.24, 2.45) is 5.92 Å². The van der Waals surface area contributed by atoms with Gasteiger partial charge in [0.1, 0.15) is 9.84 Å². The van der Waals surface area contributed by atoms with E-state index in [4.69, 9.17) is 0 Å². The van der Waals surface area contributed by atoms with Crippen molar-refractivity contribution in [3.8, 4) is 0 Å². The minimum atomic E-state index is -2.87. The van der Waals surface area contributed by atoms with Crippen LogP contribution < -0.4 is 5.32 Å². The molecule has 0 spiro atoms. The highest BCUT2D eigenvalue weighted by Gasteiger charge is 2.22. The second-order valence-electron chi connectivity index (χ2n) is 4.45. The fourth-order valence-electron chi connectivity index (χ4n) is 1.97. The highest BCUT2D eigenvalue weighted by atomic mass is 32.2. The molecular formula is C10H21NO3S. The molecule has 0 saturated heterocycles. The maximum absolute atomic E-state index is 10.9. The molecule has 0 aromatic rings. The van der Waals surface area contributed by atoms with Gasteiger partial charge in [-0.05, 0) is 18.8 Å². The van der Waals surface area contributed by atoms with E-state index in [9.17, 15) is 13.5 Å². The van der Waals surface area contributed by atoms with Gasteiger partial charge in [-0.15, -0.1) is 0 Å². The zero-order valence-electron chi connectivity index (χ0n) is 9.28. The zero-order valence-corrected chi connectivity index (χ0v) is 10.1. The number of rotatable bonds is 5. The van der Waals surface area contributed by atoms with E-state index >= 15 is 0 Å². The quantitative estimate of drug-likeness (QED) is 0.667. The first kappa shape index (κ1) is 12.9. The summed E-state index contributed by atoms with van der Waals surface area (Å²) in [5.74, 6) is 0.480. The molecule has 1 aliphatic carbocycles. The number of aliphatic hydroxyl groups is 1. The molecule has 0 aromatic heterocycles. The van der Waals surface area contributed by atoms with E-state index in [1.165, 1.54) is 12.7 Å². The summed E-state index contributed by atoms with van der Waals surface area (Å²) in [6.07, 6.45) is 5.26. The van der Waals surface area contributed by atoms with Crippen molar-refractivity contribution in [2.45, 2.75) is 31.8 Å². The predicted octanol–water partition coefficient (Wildman–Crippen LogP) is 0.172. The molecule has 90 valence electrons. The molecule has 0 aliphatic heterocycles. The van der Waals surface area contributed by atoms with E-state index in [1.54, 1.807) is 0 Å². The third-order valence-electron chi connectivity index (χ3n) is 2.93. The van der Waals surface area contributed by atoms with Gasteiger partial charge in [0, 0.05) is 19.3 Å². The summed E-state index contributed by atoms with van der Waals surface area (Å²) in [6.45, 7) is 1.22. The Bertz CT molecular complexity index is 276. The predicted molar refractivity (Wildman–Crippen MR) is 60.5 cm³/mol. The van der Waals surface area contributed by atoms with Gasteiger partial charge in [-0.3, -0.25) is 0 Å². The average Bonchev–Trinajstić information content (AvgIpc) is 2.13. The first-order valence-corrected chi connectivity index (χ1v) is 7.61. The van der Waals surface area contributed by atoms with Crippen molar-refractivity contribution < 1.29 is 13.5 Å². The standard InChI is InChI=1S/C10H21NO3S/c1-15(13,14)7-6-11-8-9-4-2-3-5-10(9)12/h9-12H,2-8H2,1H3. The molecule has 0 heterocycles. The second-order valence-corrected chi connectivity index (χ2v) is 6.71. The lowest BCUT2D eigenvalue weighted by Crippen LogP contribution is -2.35. The van der Waals surface area contributed by atoms with Crippen molar-refractivity contribution >= 4 is 9.84 Å². The van der Waals surface area contributed by atoms with Gasteiger partial charge in [0.05, 0.1) is 11.9 Å². The van der Waals surface area contributed by atoms with Gasteiger partial charge in [-0.2, -0.15) is 0 Å². The van der Waals surface area contributed by atoms with Crippen molar-refractivity contribution in [1.82, 2.24) is 5.32 Å². The van der Waals surface area contributed by atoms with Crippen LogP contribution in [0.3, 0.4) is 0 Å². The van der Waals surface area contributed by atoms with E-state index in [-0.39, 0.29) is 11.9 Å². The smallest absolute Gasteiger partial charge is 0.148 e. The number of nitrogens with one attached hydrogen (secondary N) is 1. The summed E-state index contributed by atoms with van der Waals surface area (Å²) >= 11 is 0. The van der Waals surface area contributed by atoms with Crippen LogP contribution in [0.1, 0.15) is 25.7 Å². The Labute approximate surface area is 92.0 Å². The summed E-state index contributed by atoms with van der Waals surface area (Å²) < 4.78 is 21.7. The Morgan fingerprint density at radius 2 is 2.00 bits per heavy atom. The molecule has 1 saturated carbocycles. The average molecular weight is 235 g/mol. The summed E-state index contributed by atoms with van der Waals surface area (Å²) in [5, 5.41) is 12.8. The lowest BCUT2D eigenvalue weighted by atomic mass is 9.86. The number of sulfone groups is 1. The monoisotopic (exact) mass is 235 g/mol. The minimum absolute atomic E-state index is 0.176. The maximum atomic E-state index is 10.9. The highest BCUT2D eigenvalue weighted by molar-refractivity contribution is 7.90. The SMILES string of the molecule is CS(=O)(=O)CCNCC1CCCCC1O. The molecule has 2 N–H and O–H groups in total. The molecule has 0 radical (unpaired) electrons. The third-order valence-corrected chi connectivity index (χ3v) is 3.87. The van der Waals surface area contributed by atoms with Crippen LogP contribution in [0.4, 0.5) is 0 Å². The van der Waals surface area contributed by atoms with Crippen LogP contribution in [0.5, 0.6) is 0 Å². The van der Waals surface area contributed by atoms with E-state index in [2.05, 4.69) is 5.32 Å². The minimum Gasteiger partial charge on any atom is -0.393 e. The van der Waals surface area contributed by atoms with Crippen molar-refractivity contribution in [2.75, 3.05) is 25.1 Å². The van der Waals surface area contributed by atoms with Crippen LogP contribution in [0, 0.1) is 5.92 Å². The van der Waals surface area contributed by atoms with Gasteiger partial charge >= 0.3 is 0 Å². The summed E-state index contributed by atoms with van der Waals surface area (Å²) in [6, 6.07) is 0. The van der Waals surface area contributed by atoms with E-state index < -0.39 is 9.84 Å². The van der Waals surface area contributed by atoms with Crippen LogP contribution in [0.2, 0.25) is 0 Å². The van der Waals surface area contributed by atoms with Crippen LogP contribution in [0.25, 0.3) is 0 Å². The van der Waals surface area contributed by atoms with Gasteiger partial charge in [0.25, 0.3) is 0 Å². The van der Waals surface area contributed by atoms with Gasteiger partial charge < -0.3 is 10.4 Å². The first-order valence-electron chi connectivity index (χ1n) is 5.55. The number of hydrogen-bond donors (Lipinski definition) is 2. The van der Waals surface area contributed by atoms with Crippen molar-refractivity contribution in [1.29, 1.82) is 0 Å². The molecule has 2 atom stereocenters. The Morgan fingerprint density at radius 1 is 1.33 bits per heavy atom. The molecule has 15 heavy (non-hydrogen) atoms.